The van der Waals surface area contributed by atoms with Crippen molar-refractivity contribution in [3.8, 4) is 6.07 Å². The van der Waals surface area contributed by atoms with E-state index in [1.54, 1.807) is 0 Å². The van der Waals surface area contributed by atoms with E-state index in [4.69, 9.17) is 43.7 Å². The molecular formula is C23H40N3O10P. The second-order valence-corrected chi connectivity index (χ2v) is 10.3. The highest BCUT2D eigenvalue weighted by Gasteiger charge is 2.49. The fraction of sp³-hybridized carbons (Fsp3) is 0.826. The summed E-state index contributed by atoms with van der Waals surface area (Å²) < 4.78 is 41.3. The number of nitrogens with two attached hydrogens (primary N) is 1. The first-order valence-electron chi connectivity index (χ1n) is 12.1. The van der Waals surface area contributed by atoms with Crippen molar-refractivity contribution in [3.05, 3.63) is 0 Å². The maximum Gasteiger partial charge on any atom is 0.303 e. The Bertz CT molecular complexity index is 770. The molecule has 0 radical (unpaired) electrons. The van der Waals surface area contributed by atoms with Crippen LogP contribution in [0, 0.1) is 11.3 Å². The van der Waals surface area contributed by atoms with Crippen LogP contribution in [-0.2, 0) is 47.1 Å². The maximum atomic E-state index is 11.7. The standard InChI is InChI=1S/C23H40N3O10P/c1-14(2)26(15(3)4)37(32-10-8-9-24)33-12-11-30-23-20(25)22(35-18(7)29)21(34-17(6)28)19(36-23)13-31-16(5)27/h14-15,19-23H,8,10-13,25H2,1-7H3/t19-,20-,21+,22-,23-,37?/m1/s1. The average Bonchev–Trinajstić information content (AvgIpc) is 2.78. The Morgan fingerprint density at radius 2 is 1.51 bits per heavy atom. The number of nitriles is 1. The molecule has 2 N–H and O–H groups in total. The lowest BCUT2D eigenvalue weighted by Crippen LogP contribution is -2.64. The molecule has 212 valence electrons. The summed E-state index contributed by atoms with van der Waals surface area (Å²) in [6.45, 7) is 11.8. The Hall–Kier alpha value is -1.91. The van der Waals surface area contributed by atoms with Gasteiger partial charge in [0.25, 0.3) is 8.53 Å². The van der Waals surface area contributed by atoms with Crippen LogP contribution in [0.3, 0.4) is 0 Å². The van der Waals surface area contributed by atoms with Crippen LogP contribution < -0.4 is 5.73 Å². The van der Waals surface area contributed by atoms with Crippen LogP contribution in [0.1, 0.15) is 54.9 Å². The molecular weight excluding hydrogens is 509 g/mol. The number of hydrogen-bond donors (Lipinski definition) is 1. The first-order valence-corrected chi connectivity index (χ1v) is 13.2. The lowest BCUT2D eigenvalue weighted by Gasteiger charge is -2.43. The molecule has 0 bridgehead atoms. The van der Waals surface area contributed by atoms with Crippen LogP contribution in [0.5, 0.6) is 0 Å². The highest BCUT2D eigenvalue weighted by molar-refractivity contribution is 7.44. The first-order chi connectivity index (χ1) is 17.4. The summed E-state index contributed by atoms with van der Waals surface area (Å²) in [6.07, 6.45) is -4.06. The third kappa shape index (κ3) is 11.6. The molecule has 0 aromatic rings. The number of esters is 3. The van der Waals surface area contributed by atoms with E-state index in [1.165, 1.54) is 20.8 Å². The van der Waals surface area contributed by atoms with Gasteiger partial charge in [-0.15, -0.1) is 0 Å². The maximum absolute atomic E-state index is 11.7. The molecule has 14 heteroatoms. The van der Waals surface area contributed by atoms with Crippen LogP contribution in [-0.4, -0.2) is 91.7 Å². The van der Waals surface area contributed by atoms with Gasteiger partial charge in [0.1, 0.15) is 12.7 Å². The highest BCUT2D eigenvalue weighted by atomic mass is 31.2. The lowest BCUT2D eigenvalue weighted by molar-refractivity contribution is -0.274. The second-order valence-electron chi connectivity index (χ2n) is 8.82. The molecule has 0 spiro atoms. The largest absolute Gasteiger partial charge is 0.463 e. The molecule has 1 rings (SSSR count). The van der Waals surface area contributed by atoms with Gasteiger partial charge in [-0.1, -0.05) is 0 Å². The minimum absolute atomic E-state index is 0.0359. The smallest absolute Gasteiger partial charge is 0.303 e. The molecule has 0 saturated carbocycles. The van der Waals surface area contributed by atoms with Crippen molar-refractivity contribution in [2.75, 3.05) is 26.4 Å². The van der Waals surface area contributed by atoms with Gasteiger partial charge in [0.15, 0.2) is 18.5 Å². The number of ether oxygens (including phenoxy) is 5. The topological polar surface area (TPSA) is 169 Å². The van der Waals surface area contributed by atoms with Crippen molar-refractivity contribution in [3.63, 3.8) is 0 Å². The summed E-state index contributed by atoms with van der Waals surface area (Å²) in [4.78, 5) is 34.8. The van der Waals surface area contributed by atoms with E-state index in [0.717, 1.165) is 0 Å². The van der Waals surface area contributed by atoms with Crippen molar-refractivity contribution >= 4 is 26.4 Å². The summed E-state index contributed by atoms with van der Waals surface area (Å²) in [5.41, 5.74) is 6.28. The molecule has 1 unspecified atom stereocenters. The fourth-order valence-corrected chi connectivity index (χ4v) is 5.25. The Morgan fingerprint density at radius 3 is 2.03 bits per heavy atom. The molecule has 6 atom stereocenters. The molecule has 0 aromatic carbocycles. The van der Waals surface area contributed by atoms with Gasteiger partial charge in [-0.25, -0.2) is 4.67 Å². The zero-order chi connectivity index (χ0) is 28.1. The molecule has 13 nitrogen and oxygen atoms in total. The van der Waals surface area contributed by atoms with Crippen LogP contribution in [0.25, 0.3) is 0 Å². The number of carbonyl (C=O) groups excluding carboxylic acids is 3. The van der Waals surface area contributed by atoms with Crippen LogP contribution in [0.4, 0.5) is 0 Å². The van der Waals surface area contributed by atoms with E-state index >= 15 is 0 Å². The molecule has 0 aromatic heterocycles. The number of carbonyl (C=O) groups is 3. The minimum Gasteiger partial charge on any atom is -0.463 e. The Balaban J connectivity index is 2.92. The van der Waals surface area contributed by atoms with Gasteiger partial charge in [-0.3, -0.25) is 14.4 Å². The number of rotatable bonds is 15. The third-order valence-electron chi connectivity index (χ3n) is 4.98. The minimum atomic E-state index is -1.47. The Labute approximate surface area is 219 Å². The van der Waals surface area contributed by atoms with E-state index in [1.807, 2.05) is 33.8 Å². The summed E-state index contributed by atoms with van der Waals surface area (Å²) in [7, 11) is -1.47. The van der Waals surface area contributed by atoms with E-state index in [9.17, 15) is 14.4 Å². The SMILES string of the molecule is CC(=O)OC[C@H]1O[C@@H](OCCOP(OCCC#N)N(C(C)C)C(C)C)[C@H](N)[C@@H](OC(C)=O)[C@H]1OC(C)=O. The molecule has 1 aliphatic rings. The van der Waals surface area contributed by atoms with Crippen molar-refractivity contribution in [2.45, 2.75) is 97.6 Å². The highest BCUT2D eigenvalue weighted by Crippen LogP contribution is 2.45. The summed E-state index contributed by atoms with van der Waals surface area (Å²) in [6, 6.07) is 1.30. The molecule has 1 aliphatic heterocycles. The van der Waals surface area contributed by atoms with Gasteiger partial charge >= 0.3 is 17.9 Å². The molecule has 1 heterocycles. The molecule has 37 heavy (non-hydrogen) atoms. The fourth-order valence-electron chi connectivity index (χ4n) is 3.67. The predicted molar refractivity (Wildman–Crippen MR) is 131 cm³/mol. The number of nitrogens with zero attached hydrogens (tertiary/aromatic N) is 2. The van der Waals surface area contributed by atoms with Gasteiger partial charge in [-0.2, -0.15) is 5.26 Å². The average molecular weight is 550 g/mol. The van der Waals surface area contributed by atoms with Crippen LogP contribution in [0.15, 0.2) is 0 Å². The second kappa shape index (κ2) is 16.8. The van der Waals surface area contributed by atoms with E-state index in [2.05, 4.69) is 4.67 Å². The van der Waals surface area contributed by atoms with Crippen molar-refractivity contribution in [2.24, 2.45) is 5.73 Å². The lowest BCUT2D eigenvalue weighted by atomic mass is 9.97. The van der Waals surface area contributed by atoms with Gasteiger partial charge in [-0.05, 0) is 27.7 Å². The van der Waals surface area contributed by atoms with Gasteiger partial charge < -0.3 is 38.5 Å². The summed E-state index contributed by atoms with van der Waals surface area (Å²) in [5.74, 6) is -1.86. The first kappa shape index (κ1) is 33.1. The normalized spacial score (nSPS) is 24.5. The molecule has 0 aliphatic carbocycles. The Kier molecular flexibility index (Phi) is 15.1. The van der Waals surface area contributed by atoms with Crippen molar-refractivity contribution in [1.29, 1.82) is 5.26 Å². The summed E-state index contributed by atoms with van der Waals surface area (Å²) in [5, 5.41) is 8.84. The van der Waals surface area contributed by atoms with Gasteiger partial charge in [0.05, 0.1) is 38.4 Å². The van der Waals surface area contributed by atoms with Gasteiger partial charge in [0, 0.05) is 32.9 Å². The molecule has 1 saturated heterocycles. The zero-order valence-corrected chi connectivity index (χ0v) is 23.5. The predicted octanol–water partition coefficient (Wildman–Crippen LogP) is 1.77. The van der Waals surface area contributed by atoms with Crippen LogP contribution in [0.2, 0.25) is 0 Å². The van der Waals surface area contributed by atoms with Crippen LogP contribution >= 0.6 is 8.53 Å². The third-order valence-corrected chi connectivity index (χ3v) is 7.09. The van der Waals surface area contributed by atoms with E-state index < -0.39 is 57.1 Å². The quantitative estimate of drug-likeness (QED) is 0.136. The monoisotopic (exact) mass is 549 g/mol. The zero-order valence-electron chi connectivity index (χ0n) is 22.6. The van der Waals surface area contributed by atoms with E-state index in [-0.39, 0.29) is 44.9 Å². The molecule has 0 amide bonds. The molecule has 1 fully saturated rings. The number of hydrogen-bond acceptors (Lipinski definition) is 13. The Morgan fingerprint density at radius 1 is 0.946 bits per heavy atom. The van der Waals surface area contributed by atoms with Crippen molar-refractivity contribution < 1.29 is 47.1 Å². The van der Waals surface area contributed by atoms with Gasteiger partial charge in [0.2, 0.25) is 0 Å². The van der Waals surface area contributed by atoms with E-state index in [0.29, 0.717) is 0 Å². The summed E-state index contributed by atoms with van der Waals surface area (Å²) >= 11 is 0. The van der Waals surface area contributed by atoms with Crippen molar-refractivity contribution in [1.82, 2.24) is 4.67 Å².